The number of rotatable bonds is 2. The largest absolute Gasteiger partial charge is 0.423 e. The molecule has 2 heterocycles. The van der Waals surface area contributed by atoms with Crippen LogP contribution < -0.4 is 0 Å². The molecule has 0 amide bonds. The molecule has 0 aliphatic rings. The Labute approximate surface area is 89.9 Å². The maximum Gasteiger partial charge on any atom is 0.247 e. The first-order valence-corrected chi connectivity index (χ1v) is 4.56. The van der Waals surface area contributed by atoms with Gasteiger partial charge in [-0.05, 0) is 24.3 Å². The van der Waals surface area contributed by atoms with Crippen LogP contribution in [0.2, 0.25) is 0 Å². The Hall–Kier alpha value is -2.50. The highest BCUT2D eigenvalue weighted by molar-refractivity contribution is 5.60. The molecule has 1 aromatic carbocycles. The molecule has 16 heavy (non-hydrogen) atoms. The Kier molecular flexibility index (Phi) is 1.96. The first-order chi connectivity index (χ1) is 7.93. The predicted octanol–water partition coefficient (Wildman–Crippen LogP) is 1.79. The van der Waals surface area contributed by atoms with Crippen LogP contribution in [0.15, 0.2) is 45.9 Å². The van der Waals surface area contributed by atoms with Crippen molar-refractivity contribution >= 4 is 0 Å². The van der Waals surface area contributed by atoms with Crippen LogP contribution in [0.3, 0.4) is 0 Å². The van der Waals surface area contributed by atoms with Gasteiger partial charge in [0, 0.05) is 11.1 Å². The van der Waals surface area contributed by atoms with Crippen molar-refractivity contribution in [3.05, 3.63) is 37.1 Å². The van der Waals surface area contributed by atoms with E-state index < -0.39 is 0 Å². The van der Waals surface area contributed by atoms with E-state index in [1.165, 1.54) is 12.8 Å². The second-order valence-corrected chi connectivity index (χ2v) is 3.07. The minimum Gasteiger partial charge on any atom is -0.423 e. The Morgan fingerprint density at radius 2 is 1.12 bits per heavy atom. The molecule has 0 unspecified atom stereocenters. The van der Waals surface area contributed by atoms with Crippen molar-refractivity contribution in [1.82, 2.24) is 20.4 Å². The van der Waals surface area contributed by atoms with Gasteiger partial charge in [0.25, 0.3) is 0 Å². The molecule has 3 rings (SSSR count). The van der Waals surface area contributed by atoms with Crippen molar-refractivity contribution in [3.8, 4) is 22.9 Å². The maximum atomic E-state index is 5.08. The van der Waals surface area contributed by atoms with Crippen LogP contribution in [0.25, 0.3) is 22.9 Å². The Morgan fingerprint density at radius 3 is 1.44 bits per heavy atom. The van der Waals surface area contributed by atoms with Crippen molar-refractivity contribution in [2.24, 2.45) is 0 Å². The maximum absolute atomic E-state index is 5.08. The number of aromatic nitrogens is 4. The summed E-state index contributed by atoms with van der Waals surface area (Å²) in [6.45, 7) is 0. The molecular weight excluding hydrogens is 208 g/mol. The van der Waals surface area contributed by atoms with Gasteiger partial charge in [-0.1, -0.05) is 0 Å². The quantitative estimate of drug-likeness (QED) is 0.647. The fraction of sp³-hybridized carbons (Fsp3) is 0. The van der Waals surface area contributed by atoms with E-state index >= 15 is 0 Å². The Morgan fingerprint density at radius 1 is 0.688 bits per heavy atom. The second-order valence-electron chi connectivity index (χ2n) is 3.07. The van der Waals surface area contributed by atoms with E-state index in [0.29, 0.717) is 11.8 Å². The lowest BCUT2D eigenvalue weighted by Gasteiger charge is -1.96. The molecule has 0 fully saturated rings. The predicted molar refractivity (Wildman–Crippen MR) is 53.0 cm³/mol. The summed E-state index contributed by atoms with van der Waals surface area (Å²) in [7, 11) is 0. The third-order valence-corrected chi connectivity index (χ3v) is 2.10. The van der Waals surface area contributed by atoms with Crippen LogP contribution in [0.1, 0.15) is 0 Å². The van der Waals surface area contributed by atoms with E-state index in [1.807, 2.05) is 24.3 Å². The van der Waals surface area contributed by atoms with Crippen LogP contribution in [-0.2, 0) is 0 Å². The standard InChI is InChI=1S/C10H6N4O2/c1-2-8(10-14-12-6-16-10)4-3-7(1)9-13-11-5-15-9/h1-6H. The van der Waals surface area contributed by atoms with E-state index in [0.717, 1.165) is 11.1 Å². The average Bonchev–Trinajstić information content (AvgIpc) is 3.03. The number of nitrogens with zero attached hydrogens (tertiary/aromatic N) is 4. The van der Waals surface area contributed by atoms with E-state index in [-0.39, 0.29) is 0 Å². The molecule has 0 atom stereocenters. The zero-order valence-electron chi connectivity index (χ0n) is 8.07. The molecule has 2 aromatic heterocycles. The first-order valence-electron chi connectivity index (χ1n) is 4.56. The molecule has 0 saturated carbocycles. The summed E-state index contributed by atoms with van der Waals surface area (Å²) in [4.78, 5) is 0. The van der Waals surface area contributed by atoms with Gasteiger partial charge in [0.05, 0.1) is 0 Å². The van der Waals surface area contributed by atoms with Crippen molar-refractivity contribution < 1.29 is 8.83 Å². The lowest BCUT2D eigenvalue weighted by Crippen LogP contribution is -1.80. The third-order valence-electron chi connectivity index (χ3n) is 2.10. The van der Waals surface area contributed by atoms with Gasteiger partial charge in [-0.3, -0.25) is 0 Å². The molecule has 0 spiro atoms. The lowest BCUT2D eigenvalue weighted by atomic mass is 10.1. The van der Waals surface area contributed by atoms with Crippen molar-refractivity contribution in [3.63, 3.8) is 0 Å². The van der Waals surface area contributed by atoms with Crippen molar-refractivity contribution in [2.45, 2.75) is 0 Å². The molecule has 0 radical (unpaired) electrons. The zero-order valence-corrected chi connectivity index (χ0v) is 8.07. The number of hydrogen-bond acceptors (Lipinski definition) is 6. The summed E-state index contributed by atoms with van der Waals surface area (Å²) in [6, 6.07) is 7.42. The van der Waals surface area contributed by atoms with Gasteiger partial charge in [0.1, 0.15) is 0 Å². The van der Waals surface area contributed by atoms with E-state index in [2.05, 4.69) is 20.4 Å². The highest BCUT2D eigenvalue weighted by Crippen LogP contribution is 2.21. The van der Waals surface area contributed by atoms with Crippen LogP contribution in [-0.4, -0.2) is 20.4 Å². The zero-order chi connectivity index (χ0) is 10.8. The normalized spacial score (nSPS) is 10.5. The number of hydrogen-bond donors (Lipinski definition) is 0. The topological polar surface area (TPSA) is 77.8 Å². The average molecular weight is 214 g/mol. The van der Waals surface area contributed by atoms with Gasteiger partial charge in [-0.15, -0.1) is 20.4 Å². The van der Waals surface area contributed by atoms with E-state index in [1.54, 1.807) is 0 Å². The summed E-state index contributed by atoms with van der Waals surface area (Å²) in [5, 5.41) is 14.8. The fourth-order valence-corrected chi connectivity index (χ4v) is 1.35. The smallest absolute Gasteiger partial charge is 0.247 e. The summed E-state index contributed by atoms with van der Waals surface area (Å²) < 4.78 is 10.2. The SMILES string of the molecule is c1nnc(-c2ccc(-c3nnco3)cc2)o1. The van der Waals surface area contributed by atoms with Crippen LogP contribution in [0, 0.1) is 0 Å². The van der Waals surface area contributed by atoms with Crippen molar-refractivity contribution in [2.75, 3.05) is 0 Å². The highest BCUT2D eigenvalue weighted by atomic mass is 16.4. The molecule has 6 nitrogen and oxygen atoms in total. The van der Waals surface area contributed by atoms with Gasteiger partial charge < -0.3 is 8.83 Å². The molecule has 3 aromatic rings. The minimum absolute atomic E-state index is 0.483. The summed E-state index contributed by atoms with van der Waals surface area (Å²) in [5.74, 6) is 0.967. The van der Waals surface area contributed by atoms with Crippen LogP contribution in [0.4, 0.5) is 0 Å². The molecule has 0 saturated heterocycles. The van der Waals surface area contributed by atoms with Gasteiger partial charge >= 0.3 is 0 Å². The number of benzene rings is 1. The molecule has 0 aliphatic heterocycles. The Bertz CT molecular complexity index is 504. The minimum atomic E-state index is 0.483. The van der Waals surface area contributed by atoms with Gasteiger partial charge in [0.2, 0.25) is 24.6 Å². The molecule has 0 N–H and O–H groups in total. The van der Waals surface area contributed by atoms with E-state index in [4.69, 9.17) is 8.83 Å². The monoisotopic (exact) mass is 214 g/mol. The second kappa shape index (κ2) is 3.58. The molecule has 0 aliphatic carbocycles. The lowest BCUT2D eigenvalue weighted by molar-refractivity contribution is 0.567. The summed E-state index contributed by atoms with van der Waals surface area (Å²) in [5.41, 5.74) is 1.70. The third kappa shape index (κ3) is 1.46. The van der Waals surface area contributed by atoms with Crippen LogP contribution >= 0.6 is 0 Å². The summed E-state index contributed by atoms with van der Waals surface area (Å²) >= 11 is 0. The first kappa shape index (κ1) is 8.78. The molecule has 0 bridgehead atoms. The molecular formula is C10H6N4O2. The highest BCUT2D eigenvalue weighted by Gasteiger charge is 2.06. The van der Waals surface area contributed by atoms with E-state index in [9.17, 15) is 0 Å². The van der Waals surface area contributed by atoms with Crippen LogP contribution in [0.5, 0.6) is 0 Å². The fourth-order valence-electron chi connectivity index (χ4n) is 1.35. The van der Waals surface area contributed by atoms with Gasteiger partial charge in [-0.2, -0.15) is 0 Å². The summed E-state index contributed by atoms with van der Waals surface area (Å²) in [6.07, 6.45) is 2.59. The van der Waals surface area contributed by atoms with Crippen molar-refractivity contribution in [1.29, 1.82) is 0 Å². The van der Waals surface area contributed by atoms with Gasteiger partial charge in [0.15, 0.2) is 0 Å². The molecule has 6 heteroatoms. The van der Waals surface area contributed by atoms with Gasteiger partial charge in [-0.25, -0.2) is 0 Å². The molecule has 78 valence electrons. The Balaban J connectivity index is 1.97.